The van der Waals surface area contributed by atoms with Crippen LogP contribution in [0.25, 0.3) is 0 Å². The van der Waals surface area contributed by atoms with Crippen LogP contribution in [-0.4, -0.2) is 20.8 Å². The van der Waals surface area contributed by atoms with Gasteiger partial charge in [-0.1, -0.05) is 24.3 Å². The van der Waals surface area contributed by atoms with Crippen LogP contribution in [0.15, 0.2) is 30.5 Å². The van der Waals surface area contributed by atoms with E-state index in [9.17, 15) is 4.79 Å². The molecule has 0 saturated carbocycles. The number of benzene rings is 1. The summed E-state index contributed by atoms with van der Waals surface area (Å²) in [4.78, 5) is 12.3. The van der Waals surface area contributed by atoms with Gasteiger partial charge in [-0.2, -0.15) is 0 Å². The Labute approximate surface area is 113 Å². The molecular weight excluding hydrogens is 329 g/mol. The van der Waals surface area contributed by atoms with E-state index in [0.717, 1.165) is 9.99 Å². The lowest BCUT2D eigenvalue weighted by molar-refractivity contribution is 0.102. The van der Waals surface area contributed by atoms with Crippen molar-refractivity contribution >= 4 is 28.4 Å². The van der Waals surface area contributed by atoms with Crippen molar-refractivity contribution in [3.8, 4) is 0 Å². The highest BCUT2D eigenvalue weighted by Gasteiger charge is 2.16. The van der Waals surface area contributed by atoms with Crippen LogP contribution < -0.4 is 0 Å². The fraction of sp³-hybridized carbons (Fsp3) is 0.250. The zero-order chi connectivity index (χ0) is 12.3. The zero-order valence-electron chi connectivity index (χ0n) is 9.43. The van der Waals surface area contributed by atoms with Crippen molar-refractivity contribution in [2.24, 2.45) is 0 Å². The van der Waals surface area contributed by atoms with E-state index in [0.29, 0.717) is 17.8 Å². The molecule has 0 atom stereocenters. The second-order valence-corrected chi connectivity index (χ2v) is 4.81. The fourth-order valence-corrected chi connectivity index (χ4v) is 2.23. The predicted octanol–water partition coefficient (Wildman–Crippen LogP) is 2.52. The molecule has 88 valence electrons. The quantitative estimate of drug-likeness (QED) is 0.634. The zero-order valence-corrected chi connectivity index (χ0v) is 11.6. The molecule has 2 aromatic rings. The number of hydrogen-bond acceptors (Lipinski definition) is 3. The van der Waals surface area contributed by atoms with Gasteiger partial charge < -0.3 is 0 Å². The summed E-state index contributed by atoms with van der Waals surface area (Å²) in [6, 6.07) is 7.53. The van der Waals surface area contributed by atoms with E-state index in [4.69, 9.17) is 0 Å². The number of rotatable bonds is 4. The topological polar surface area (TPSA) is 47.8 Å². The van der Waals surface area contributed by atoms with Gasteiger partial charge in [-0.25, -0.2) is 4.68 Å². The van der Waals surface area contributed by atoms with E-state index in [1.54, 1.807) is 4.68 Å². The Hall–Kier alpha value is -1.24. The van der Waals surface area contributed by atoms with Crippen LogP contribution in [0, 0.1) is 3.57 Å². The lowest BCUT2D eigenvalue weighted by Crippen LogP contribution is -2.12. The third kappa shape index (κ3) is 2.54. The molecule has 0 bridgehead atoms. The third-order valence-electron chi connectivity index (χ3n) is 2.40. The van der Waals surface area contributed by atoms with Crippen molar-refractivity contribution in [1.29, 1.82) is 0 Å². The normalized spacial score (nSPS) is 10.5. The summed E-state index contributed by atoms with van der Waals surface area (Å²) in [5, 5.41) is 7.73. The molecular formula is C12H12IN3O. The minimum Gasteiger partial charge on any atom is -0.287 e. The van der Waals surface area contributed by atoms with Crippen molar-refractivity contribution in [3.05, 3.63) is 45.3 Å². The number of nitrogens with zero attached hydrogens (tertiary/aromatic N) is 3. The highest BCUT2D eigenvalue weighted by molar-refractivity contribution is 14.1. The second kappa shape index (κ2) is 5.39. The number of ketones is 1. The van der Waals surface area contributed by atoms with E-state index in [1.807, 2.05) is 31.2 Å². The summed E-state index contributed by atoms with van der Waals surface area (Å²) in [6.07, 6.45) is 2.45. The van der Waals surface area contributed by atoms with Crippen molar-refractivity contribution in [1.82, 2.24) is 15.0 Å². The molecule has 0 amide bonds. The number of carbonyl (C=O) groups is 1. The molecule has 0 saturated heterocycles. The first kappa shape index (κ1) is 12.2. The van der Waals surface area contributed by atoms with Crippen LogP contribution in [0.2, 0.25) is 0 Å². The van der Waals surface area contributed by atoms with Gasteiger partial charge in [0.2, 0.25) is 5.78 Å². The first-order valence-corrected chi connectivity index (χ1v) is 6.49. The number of aryl methyl sites for hydroxylation is 1. The summed E-state index contributed by atoms with van der Waals surface area (Å²) in [5.41, 5.74) is 1.25. The average molecular weight is 341 g/mol. The predicted molar refractivity (Wildman–Crippen MR) is 72.9 cm³/mol. The summed E-state index contributed by atoms with van der Waals surface area (Å²) in [7, 11) is 0. The van der Waals surface area contributed by atoms with E-state index in [2.05, 4.69) is 32.9 Å². The summed E-state index contributed by atoms with van der Waals surface area (Å²) in [5.74, 6) is -0.0200. The molecule has 1 aromatic heterocycles. The lowest BCUT2D eigenvalue weighted by atomic mass is 10.1. The standard InChI is InChI=1S/C12H12IN3O/c1-2-7-16-11(8-14-15-16)12(17)9-5-3-4-6-10(9)13/h3-6,8H,2,7H2,1H3. The number of carbonyl (C=O) groups excluding carboxylic acids is 1. The first-order valence-electron chi connectivity index (χ1n) is 5.41. The second-order valence-electron chi connectivity index (χ2n) is 3.65. The number of hydrogen-bond donors (Lipinski definition) is 0. The maximum atomic E-state index is 12.3. The molecule has 0 radical (unpaired) electrons. The monoisotopic (exact) mass is 341 g/mol. The Morgan fingerprint density at radius 3 is 2.88 bits per heavy atom. The Kier molecular flexibility index (Phi) is 3.88. The van der Waals surface area contributed by atoms with Crippen molar-refractivity contribution in [2.45, 2.75) is 19.9 Å². The van der Waals surface area contributed by atoms with Gasteiger partial charge in [0.15, 0.2) is 0 Å². The highest BCUT2D eigenvalue weighted by atomic mass is 127. The van der Waals surface area contributed by atoms with E-state index in [-0.39, 0.29) is 5.78 Å². The number of aromatic nitrogens is 3. The molecule has 1 heterocycles. The lowest BCUT2D eigenvalue weighted by Gasteiger charge is -2.05. The smallest absolute Gasteiger partial charge is 0.213 e. The van der Waals surface area contributed by atoms with Gasteiger partial charge in [-0.05, 0) is 41.1 Å². The maximum Gasteiger partial charge on any atom is 0.213 e. The molecule has 0 fully saturated rings. The third-order valence-corrected chi connectivity index (χ3v) is 3.34. The molecule has 4 nitrogen and oxygen atoms in total. The Morgan fingerprint density at radius 1 is 1.41 bits per heavy atom. The Bertz CT molecular complexity index is 536. The minimum absolute atomic E-state index is 0.0200. The molecule has 0 N–H and O–H groups in total. The van der Waals surface area contributed by atoms with Crippen LogP contribution in [0.4, 0.5) is 0 Å². The first-order chi connectivity index (χ1) is 8.24. The number of halogens is 1. The van der Waals surface area contributed by atoms with Gasteiger partial charge >= 0.3 is 0 Å². The Balaban J connectivity index is 2.37. The largest absolute Gasteiger partial charge is 0.287 e. The molecule has 0 aliphatic carbocycles. The van der Waals surface area contributed by atoms with Crippen molar-refractivity contribution in [3.63, 3.8) is 0 Å². The Morgan fingerprint density at radius 2 is 2.18 bits per heavy atom. The van der Waals surface area contributed by atoms with Crippen molar-refractivity contribution < 1.29 is 4.79 Å². The molecule has 0 unspecified atom stereocenters. The van der Waals surface area contributed by atoms with Gasteiger partial charge in [0.1, 0.15) is 5.69 Å². The molecule has 5 heteroatoms. The van der Waals surface area contributed by atoms with Gasteiger partial charge in [-0.15, -0.1) is 5.10 Å². The molecule has 17 heavy (non-hydrogen) atoms. The van der Waals surface area contributed by atoms with Gasteiger partial charge in [0.25, 0.3) is 0 Å². The van der Waals surface area contributed by atoms with E-state index >= 15 is 0 Å². The molecule has 0 spiro atoms. The van der Waals surface area contributed by atoms with Crippen molar-refractivity contribution in [2.75, 3.05) is 0 Å². The summed E-state index contributed by atoms with van der Waals surface area (Å²) in [6.45, 7) is 2.76. The van der Waals surface area contributed by atoms with Gasteiger partial charge in [-0.3, -0.25) is 4.79 Å². The molecule has 0 aliphatic heterocycles. The van der Waals surface area contributed by atoms with Crippen LogP contribution in [0.3, 0.4) is 0 Å². The SMILES string of the molecule is CCCn1nncc1C(=O)c1ccccc1I. The molecule has 0 aliphatic rings. The minimum atomic E-state index is -0.0200. The maximum absolute atomic E-state index is 12.3. The summed E-state index contributed by atoms with van der Waals surface area (Å²) >= 11 is 2.16. The van der Waals surface area contributed by atoms with Crippen LogP contribution in [0.1, 0.15) is 29.4 Å². The van der Waals surface area contributed by atoms with E-state index < -0.39 is 0 Å². The molecule has 2 rings (SSSR count). The van der Waals surface area contributed by atoms with E-state index in [1.165, 1.54) is 6.20 Å². The van der Waals surface area contributed by atoms with Crippen LogP contribution in [0.5, 0.6) is 0 Å². The average Bonchev–Trinajstić information content (AvgIpc) is 2.78. The fourth-order valence-electron chi connectivity index (χ4n) is 1.59. The van der Waals surface area contributed by atoms with Crippen LogP contribution >= 0.6 is 22.6 Å². The summed E-state index contributed by atoms with van der Waals surface area (Å²) < 4.78 is 2.60. The van der Waals surface area contributed by atoms with Gasteiger partial charge in [0.05, 0.1) is 6.20 Å². The van der Waals surface area contributed by atoms with Gasteiger partial charge in [0, 0.05) is 15.7 Å². The highest BCUT2D eigenvalue weighted by Crippen LogP contribution is 2.15. The molecule has 1 aromatic carbocycles. The van der Waals surface area contributed by atoms with Crippen LogP contribution in [-0.2, 0) is 6.54 Å².